The van der Waals surface area contributed by atoms with Crippen LogP contribution in [0.2, 0.25) is 0 Å². The Hall–Kier alpha value is -4.51. The van der Waals surface area contributed by atoms with Gasteiger partial charge in [0.15, 0.2) is 12.4 Å². The SMILES string of the molecule is CC(C)CCn1c(=O)c(C2=NS(=O)(=O)c3cc(OCC(=O)c4cccnc4)ccc3N2)c(O)c2ccccc21. The number of nitrogens with zero attached hydrogens (tertiary/aromatic N) is 3. The number of amidine groups is 1. The van der Waals surface area contributed by atoms with E-state index < -0.39 is 15.6 Å². The molecular weight excluding hydrogens is 520 g/mol. The highest BCUT2D eigenvalue weighted by Crippen LogP contribution is 2.34. The molecule has 0 fully saturated rings. The predicted molar refractivity (Wildman–Crippen MR) is 147 cm³/mol. The van der Waals surface area contributed by atoms with Crippen molar-refractivity contribution in [2.45, 2.75) is 31.7 Å². The van der Waals surface area contributed by atoms with Crippen LogP contribution in [0.4, 0.5) is 5.69 Å². The molecule has 1 aliphatic rings. The zero-order valence-corrected chi connectivity index (χ0v) is 22.1. The molecule has 4 aromatic rings. The van der Waals surface area contributed by atoms with Crippen molar-refractivity contribution in [1.29, 1.82) is 0 Å². The van der Waals surface area contributed by atoms with Gasteiger partial charge in [-0.2, -0.15) is 8.42 Å². The summed E-state index contributed by atoms with van der Waals surface area (Å²) in [6, 6.07) is 14.4. The molecule has 3 heterocycles. The lowest BCUT2D eigenvalue weighted by atomic mass is 10.1. The van der Waals surface area contributed by atoms with E-state index in [1.54, 1.807) is 42.6 Å². The smallest absolute Gasteiger partial charge is 0.286 e. The van der Waals surface area contributed by atoms with Crippen molar-refractivity contribution >= 4 is 38.2 Å². The number of sulfonamides is 1. The zero-order chi connectivity index (χ0) is 27.7. The van der Waals surface area contributed by atoms with Gasteiger partial charge in [0.2, 0.25) is 5.78 Å². The van der Waals surface area contributed by atoms with Crippen molar-refractivity contribution in [2.24, 2.45) is 10.3 Å². The molecule has 2 N–H and O–H groups in total. The fourth-order valence-electron chi connectivity index (χ4n) is 4.31. The van der Waals surface area contributed by atoms with Gasteiger partial charge in [0.05, 0.1) is 11.2 Å². The summed E-state index contributed by atoms with van der Waals surface area (Å²) in [4.78, 5) is 29.6. The number of fused-ring (bicyclic) bond motifs is 2. The zero-order valence-electron chi connectivity index (χ0n) is 21.3. The second kappa shape index (κ2) is 10.3. The van der Waals surface area contributed by atoms with E-state index in [4.69, 9.17) is 4.74 Å². The van der Waals surface area contributed by atoms with Crippen molar-refractivity contribution in [2.75, 3.05) is 11.9 Å². The average molecular weight is 547 g/mol. The van der Waals surface area contributed by atoms with Crippen molar-refractivity contribution in [3.63, 3.8) is 0 Å². The summed E-state index contributed by atoms with van der Waals surface area (Å²) in [6.45, 7) is 4.15. The highest BCUT2D eigenvalue weighted by molar-refractivity contribution is 7.90. The number of ether oxygens (including phenoxy) is 1. The van der Waals surface area contributed by atoms with Gasteiger partial charge in [0.25, 0.3) is 15.6 Å². The number of nitrogens with one attached hydrogen (secondary N) is 1. The Morgan fingerprint density at radius 1 is 1.13 bits per heavy atom. The summed E-state index contributed by atoms with van der Waals surface area (Å²) < 4.78 is 37.3. The van der Waals surface area contributed by atoms with E-state index in [0.717, 1.165) is 0 Å². The van der Waals surface area contributed by atoms with Crippen LogP contribution in [0.1, 0.15) is 36.2 Å². The van der Waals surface area contributed by atoms with E-state index >= 15 is 0 Å². The molecule has 0 saturated heterocycles. The lowest BCUT2D eigenvalue weighted by molar-refractivity contribution is 0.0921. The van der Waals surface area contributed by atoms with Crippen LogP contribution in [0.15, 0.2) is 81.1 Å². The number of anilines is 1. The number of hydrogen-bond donors (Lipinski definition) is 2. The molecule has 0 saturated carbocycles. The van der Waals surface area contributed by atoms with Gasteiger partial charge in [-0.1, -0.05) is 26.0 Å². The summed E-state index contributed by atoms with van der Waals surface area (Å²) in [6.07, 6.45) is 3.68. The Morgan fingerprint density at radius 2 is 1.92 bits per heavy atom. The Kier molecular flexibility index (Phi) is 6.92. The number of aryl methyl sites for hydroxylation is 1. The Labute approximate surface area is 224 Å². The Balaban J connectivity index is 1.50. The first-order chi connectivity index (χ1) is 18.7. The van der Waals surface area contributed by atoms with E-state index in [1.165, 1.54) is 29.0 Å². The van der Waals surface area contributed by atoms with Crippen molar-refractivity contribution in [3.05, 3.63) is 88.5 Å². The molecule has 5 rings (SSSR count). The number of para-hydroxylation sites is 1. The van der Waals surface area contributed by atoms with Crippen molar-refractivity contribution in [1.82, 2.24) is 9.55 Å². The molecule has 2 aromatic carbocycles. The van der Waals surface area contributed by atoms with Gasteiger partial charge < -0.3 is 19.7 Å². The Bertz CT molecular complexity index is 1780. The lowest BCUT2D eigenvalue weighted by Gasteiger charge is -2.21. The monoisotopic (exact) mass is 546 g/mol. The molecule has 0 spiro atoms. The first-order valence-corrected chi connectivity index (χ1v) is 13.8. The number of Topliss-reactive ketones (excluding diaryl/α,β-unsaturated/α-hetero) is 1. The minimum absolute atomic E-state index is 0.152. The molecule has 0 atom stereocenters. The molecule has 11 heteroatoms. The van der Waals surface area contributed by atoms with Crippen LogP contribution in [-0.4, -0.2) is 41.3 Å². The third-order valence-electron chi connectivity index (χ3n) is 6.36. The van der Waals surface area contributed by atoms with Crippen LogP contribution < -0.4 is 15.6 Å². The molecule has 0 unspecified atom stereocenters. The van der Waals surface area contributed by atoms with E-state index in [9.17, 15) is 23.1 Å². The first kappa shape index (κ1) is 26.1. The van der Waals surface area contributed by atoms with Gasteiger partial charge >= 0.3 is 0 Å². The summed E-state index contributed by atoms with van der Waals surface area (Å²) in [7, 11) is -4.29. The number of aromatic nitrogens is 2. The topological polar surface area (TPSA) is 140 Å². The van der Waals surface area contributed by atoms with Crippen molar-refractivity contribution in [3.8, 4) is 11.5 Å². The molecule has 2 aromatic heterocycles. The van der Waals surface area contributed by atoms with E-state index in [0.29, 0.717) is 35.3 Å². The number of aromatic hydroxyl groups is 1. The molecule has 200 valence electrons. The second-order valence-electron chi connectivity index (χ2n) is 9.53. The highest BCUT2D eigenvalue weighted by atomic mass is 32.2. The van der Waals surface area contributed by atoms with Gasteiger partial charge in [-0.15, -0.1) is 4.40 Å². The van der Waals surface area contributed by atoms with Gasteiger partial charge in [-0.25, -0.2) is 0 Å². The van der Waals surface area contributed by atoms with E-state index in [-0.39, 0.29) is 45.9 Å². The summed E-state index contributed by atoms with van der Waals surface area (Å²) in [5.74, 6) is -0.465. The first-order valence-electron chi connectivity index (χ1n) is 12.3. The standard InChI is InChI=1S/C28H26N4O6S/c1-17(2)11-13-32-22-8-4-3-7-20(22)26(34)25(28(32)35)27-30-21-10-9-19(14-24(21)39(36,37)31-27)38-16-23(33)18-6-5-12-29-15-18/h3-10,12,14-15,17,34H,11,13,16H2,1-2H3,(H,30,31). The highest BCUT2D eigenvalue weighted by Gasteiger charge is 2.30. The maximum absolute atomic E-state index is 13.6. The fraction of sp³-hybridized carbons (Fsp3) is 0.214. The summed E-state index contributed by atoms with van der Waals surface area (Å²) >= 11 is 0. The largest absolute Gasteiger partial charge is 0.506 e. The predicted octanol–water partition coefficient (Wildman–Crippen LogP) is 3.97. The van der Waals surface area contributed by atoms with E-state index in [2.05, 4.69) is 14.7 Å². The van der Waals surface area contributed by atoms with Gasteiger partial charge in [0.1, 0.15) is 22.0 Å². The number of ketones is 1. The number of hydrogen-bond acceptors (Lipinski definition) is 8. The minimum Gasteiger partial charge on any atom is -0.506 e. The van der Waals surface area contributed by atoms with Crippen LogP contribution >= 0.6 is 0 Å². The quantitative estimate of drug-likeness (QED) is 0.317. The van der Waals surface area contributed by atoms with E-state index in [1.807, 2.05) is 13.8 Å². The number of benzene rings is 2. The molecule has 1 aliphatic heterocycles. The Morgan fingerprint density at radius 3 is 2.67 bits per heavy atom. The van der Waals surface area contributed by atoms with Gasteiger partial charge in [-0.05, 0) is 48.7 Å². The number of pyridine rings is 2. The molecule has 0 radical (unpaired) electrons. The minimum atomic E-state index is -4.29. The number of carbonyl (C=O) groups excluding carboxylic acids is 1. The molecule has 0 aliphatic carbocycles. The average Bonchev–Trinajstić information content (AvgIpc) is 2.92. The third kappa shape index (κ3) is 5.13. The summed E-state index contributed by atoms with van der Waals surface area (Å²) in [5.41, 5.74) is 0.297. The van der Waals surface area contributed by atoms with Crippen LogP contribution in [0.5, 0.6) is 11.5 Å². The van der Waals surface area contributed by atoms with Crippen LogP contribution in [0.25, 0.3) is 10.9 Å². The van der Waals surface area contributed by atoms with Crippen molar-refractivity contribution < 1.29 is 23.1 Å². The van der Waals surface area contributed by atoms with Crippen LogP contribution in [-0.2, 0) is 16.6 Å². The van der Waals surface area contributed by atoms with Gasteiger partial charge in [0, 0.05) is 36.0 Å². The third-order valence-corrected chi connectivity index (χ3v) is 7.68. The normalized spacial score (nSPS) is 14.0. The lowest BCUT2D eigenvalue weighted by Crippen LogP contribution is -2.33. The maximum Gasteiger partial charge on any atom is 0.286 e. The second-order valence-corrected chi connectivity index (χ2v) is 11.1. The molecule has 0 bridgehead atoms. The molecule has 39 heavy (non-hydrogen) atoms. The fourth-order valence-corrected chi connectivity index (χ4v) is 5.45. The number of carbonyl (C=O) groups is 1. The van der Waals surface area contributed by atoms with Crippen LogP contribution in [0.3, 0.4) is 0 Å². The maximum atomic E-state index is 13.6. The molecule has 0 amide bonds. The number of rotatable bonds is 8. The van der Waals surface area contributed by atoms with Crippen LogP contribution in [0, 0.1) is 5.92 Å². The summed E-state index contributed by atoms with van der Waals surface area (Å²) in [5, 5.41) is 14.4. The molecular formula is C28H26N4O6S. The van der Waals surface area contributed by atoms with Gasteiger partial charge in [-0.3, -0.25) is 14.6 Å². The molecule has 10 nitrogen and oxygen atoms in total.